The maximum atomic E-state index is 11.8. The minimum Gasteiger partial charge on any atom is -0.489 e. The molecule has 1 aliphatic rings. The third kappa shape index (κ3) is 4.63. The number of thioether (sulfide) groups is 1. The van der Waals surface area contributed by atoms with E-state index < -0.39 is 0 Å². The van der Waals surface area contributed by atoms with Gasteiger partial charge >= 0.3 is 0 Å². The van der Waals surface area contributed by atoms with Crippen LogP contribution in [0, 0.1) is 11.5 Å². The van der Waals surface area contributed by atoms with Crippen LogP contribution in [0.1, 0.15) is 11.1 Å². The van der Waals surface area contributed by atoms with Crippen molar-refractivity contribution in [2.45, 2.75) is 6.61 Å². The molecule has 0 bridgehead atoms. The van der Waals surface area contributed by atoms with Gasteiger partial charge in [0.2, 0.25) is 6.19 Å². The van der Waals surface area contributed by atoms with Gasteiger partial charge in [-0.2, -0.15) is 5.26 Å². The van der Waals surface area contributed by atoms with Gasteiger partial charge in [0.1, 0.15) is 12.4 Å². The Morgan fingerprint density at radius 1 is 1.20 bits per heavy atom. The molecule has 0 atom stereocenters. The fourth-order valence-corrected chi connectivity index (χ4v) is 2.99. The molecule has 2 aromatic carbocycles. The van der Waals surface area contributed by atoms with Gasteiger partial charge < -0.3 is 4.74 Å². The molecule has 0 spiro atoms. The van der Waals surface area contributed by atoms with E-state index in [2.05, 4.69) is 10.3 Å². The van der Waals surface area contributed by atoms with Crippen LogP contribution < -0.4 is 10.1 Å². The monoisotopic (exact) mass is 369 g/mol. The maximum absolute atomic E-state index is 11.8. The van der Waals surface area contributed by atoms with E-state index >= 15 is 0 Å². The van der Waals surface area contributed by atoms with Gasteiger partial charge in [0.25, 0.3) is 5.91 Å². The third-order valence-electron chi connectivity index (χ3n) is 3.30. The Hall–Kier alpha value is -2.75. The number of rotatable bonds is 4. The van der Waals surface area contributed by atoms with Gasteiger partial charge in [-0.3, -0.25) is 10.1 Å². The first-order chi connectivity index (χ1) is 12.1. The lowest BCUT2D eigenvalue weighted by Crippen LogP contribution is -2.19. The molecule has 0 unspecified atom stereocenters. The van der Waals surface area contributed by atoms with Gasteiger partial charge in [-0.15, -0.1) is 4.99 Å². The predicted octanol–water partition coefficient (Wildman–Crippen LogP) is 3.96. The summed E-state index contributed by atoms with van der Waals surface area (Å²) in [6.45, 7) is 0.448. The molecule has 3 rings (SSSR count). The zero-order chi connectivity index (χ0) is 17.6. The zero-order valence-corrected chi connectivity index (χ0v) is 14.5. The normalized spacial score (nSPS) is 16.7. The van der Waals surface area contributed by atoms with Crippen molar-refractivity contribution in [2.24, 2.45) is 4.99 Å². The van der Waals surface area contributed by atoms with Gasteiger partial charge in [0.15, 0.2) is 5.17 Å². The SMILES string of the molecule is N#CN=C1NC(=O)/C(=C/c2ccc(OCc3ccc(Cl)cc3)cc2)S1. The van der Waals surface area contributed by atoms with Crippen LogP contribution in [0.25, 0.3) is 6.08 Å². The zero-order valence-electron chi connectivity index (χ0n) is 12.9. The summed E-state index contributed by atoms with van der Waals surface area (Å²) in [5.74, 6) is 0.467. The second-order valence-electron chi connectivity index (χ2n) is 5.07. The summed E-state index contributed by atoms with van der Waals surface area (Å²) in [5.41, 5.74) is 1.88. The molecule has 0 radical (unpaired) electrons. The van der Waals surface area contributed by atoms with Crippen molar-refractivity contribution in [3.05, 3.63) is 69.6 Å². The lowest BCUT2D eigenvalue weighted by atomic mass is 10.2. The maximum Gasteiger partial charge on any atom is 0.264 e. The fraction of sp³-hybridized carbons (Fsp3) is 0.0556. The van der Waals surface area contributed by atoms with Gasteiger partial charge in [-0.05, 0) is 53.2 Å². The smallest absolute Gasteiger partial charge is 0.264 e. The molecular weight excluding hydrogens is 358 g/mol. The highest BCUT2D eigenvalue weighted by Crippen LogP contribution is 2.26. The van der Waals surface area contributed by atoms with Crippen LogP contribution in [0.15, 0.2) is 58.4 Å². The van der Waals surface area contributed by atoms with E-state index in [1.165, 1.54) is 0 Å². The highest BCUT2D eigenvalue weighted by atomic mass is 35.5. The van der Waals surface area contributed by atoms with E-state index in [4.69, 9.17) is 21.6 Å². The summed E-state index contributed by atoms with van der Waals surface area (Å²) in [6.07, 6.45) is 3.39. The topological polar surface area (TPSA) is 74.5 Å². The molecule has 1 aliphatic heterocycles. The number of hydrogen-bond acceptors (Lipinski definition) is 5. The largest absolute Gasteiger partial charge is 0.489 e. The summed E-state index contributed by atoms with van der Waals surface area (Å²) in [5, 5.41) is 12.0. The molecule has 5 nitrogen and oxygen atoms in total. The van der Waals surface area contributed by atoms with E-state index in [0.29, 0.717) is 21.7 Å². The fourth-order valence-electron chi connectivity index (χ4n) is 2.08. The minimum atomic E-state index is -0.262. The standard InChI is InChI=1S/C18H12ClN3O2S/c19-14-5-1-13(2-6-14)10-24-15-7-3-12(4-8-15)9-16-17(23)22-18(25-16)21-11-20/h1-9H,10H2,(H,21,22,23)/b16-9-. The number of nitriles is 1. The van der Waals surface area contributed by atoms with Crippen LogP contribution in [0.5, 0.6) is 5.75 Å². The summed E-state index contributed by atoms with van der Waals surface area (Å²) in [6, 6.07) is 14.9. The molecule has 25 heavy (non-hydrogen) atoms. The average molecular weight is 370 g/mol. The number of nitrogens with one attached hydrogen (secondary N) is 1. The van der Waals surface area contributed by atoms with Crippen LogP contribution in [0.4, 0.5) is 0 Å². The average Bonchev–Trinajstić information content (AvgIpc) is 2.95. The molecule has 7 heteroatoms. The molecule has 1 fully saturated rings. The van der Waals surface area contributed by atoms with Crippen LogP contribution in [-0.4, -0.2) is 11.1 Å². The van der Waals surface area contributed by atoms with Crippen molar-refractivity contribution in [1.29, 1.82) is 5.26 Å². The van der Waals surface area contributed by atoms with Crippen LogP contribution in [0.3, 0.4) is 0 Å². The Balaban J connectivity index is 1.63. The number of nitrogens with zero attached hydrogens (tertiary/aromatic N) is 2. The Morgan fingerprint density at radius 3 is 2.60 bits per heavy atom. The van der Waals surface area contributed by atoms with E-state index in [1.54, 1.807) is 12.3 Å². The lowest BCUT2D eigenvalue weighted by molar-refractivity contribution is -0.115. The predicted molar refractivity (Wildman–Crippen MR) is 99.0 cm³/mol. The summed E-state index contributed by atoms with van der Waals surface area (Å²) < 4.78 is 5.72. The van der Waals surface area contributed by atoms with E-state index in [0.717, 1.165) is 28.6 Å². The number of aliphatic imine (C=N–C) groups is 1. The first-order valence-corrected chi connectivity index (χ1v) is 8.48. The Bertz CT molecular complexity index is 884. The molecule has 0 aliphatic carbocycles. The molecule has 124 valence electrons. The Morgan fingerprint density at radius 2 is 1.92 bits per heavy atom. The Labute approximate surface area is 154 Å². The van der Waals surface area contributed by atoms with E-state index in [-0.39, 0.29) is 5.91 Å². The number of amides is 1. The number of ether oxygens (including phenoxy) is 1. The molecule has 0 saturated carbocycles. The summed E-state index contributed by atoms with van der Waals surface area (Å²) >= 11 is 6.99. The van der Waals surface area contributed by atoms with Crippen molar-refractivity contribution in [3.63, 3.8) is 0 Å². The van der Waals surface area contributed by atoms with Gasteiger partial charge in [-0.1, -0.05) is 35.9 Å². The second-order valence-corrected chi connectivity index (χ2v) is 6.53. The number of carbonyl (C=O) groups excluding carboxylic acids is 1. The third-order valence-corrected chi connectivity index (χ3v) is 4.46. The quantitative estimate of drug-likeness (QED) is 0.653. The minimum absolute atomic E-state index is 0.262. The summed E-state index contributed by atoms with van der Waals surface area (Å²) in [7, 11) is 0. The van der Waals surface area contributed by atoms with Crippen LogP contribution in [0.2, 0.25) is 5.02 Å². The second kappa shape index (κ2) is 7.88. The Kier molecular flexibility index (Phi) is 5.39. The molecule has 1 N–H and O–H groups in total. The van der Waals surface area contributed by atoms with Gasteiger partial charge in [0.05, 0.1) is 4.91 Å². The molecule has 1 heterocycles. The lowest BCUT2D eigenvalue weighted by Gasteiger charge is -2.06. The number of halogens is 1. The molecule has 0 aromatic heterocycles. The van der Waals surface area contributed by atoms with E-state index in [9.17, 15) is 4.79 Å². The van der Waals surface area contributed by atoms with Crippen molar-refractivity contribution in [3.8, 4) is 11.9 Å². The van der Waals surface area contributed by atoms with Crippen molar-refractivity contribution in [1.82, 2.24) is 5.32 Å². The number of carbonyl (C=O) groups is 1. The molecule has 1 saturated heterocycles. The van der Waals surface area contributed by atoms with Crippen molar-refractivity contribution < 1.29 is 9.53 Å². The number of amidine groups is 1. The van der Waals surface area contributed by atoms with Crippen molar-refractivity contribution >= 4 is 40.5 Å². The first kappa shape index (κ1) is 17.1. The number of benzene rings is 2. The molecular formula is C18H12ClN3O2S. The van der Waals surface area contributed by atoms with E-state index in [1.807, 2.05) is 48.5 Å². The van der Waals surface area contributed by atoms with Gasteiger partial charge in [-0.25, -0.2) is 0 Å². The molecule has 2 aromatic rings. The first-order valence-electron chi connectivity index (χ1n) is 7.29. The molecule has 1 amide bonds. The van der Waals surface area contributed by atoms with Crippen molar-refractivity contribution in [2.75, 3.05) is 0 Å². The van der Waals surface area contributed by atoms with Crippen LogP contribution in [-0.2, 0) is 11.4 Å². The highest BCUT2D eigenvalue weighted by Gasteiger charge is 2.23. The van der Waals surface area contributed by atoms with Crippen LogP contribution >= 0.6 is 23.4 Å². The number of hydrogen-bond donors (Lipinski definition) is 1. The highest BCUT2D eigenvalue weighted by molar-refractivity contribution is 8.18. The van der Waals surface area contributed by atoms with Gasteiger partial charge in [0, 0.05) is 5.02 Å². The summed E-state index contributed by atoms with van der Waals surface area (Å²) in [4.78, 5) is 15.8.